The van der Waals surface area contributed by atoms with Crippen molar-refractivity contribution in [3.8, 4) is 11.3 Å². The molecule has 0 saturated heterocycles. The average molecular weight is 255 g/mol. The van der Waals surface area contributed by atoms with E-state index in [1.807, 2.05) is 6.07 Å². The van der Waals surface area contributed by atoms with E-state index in [0.29, 0.717) is 17.2 Å². The molecule has 0 aliphatic rings. The van der Waals surface area contributed by atoms with Crippen molar-refractivity contribution in [2.45, 2.75) is 6.42 Å². The highest BCUT2D eigenvalue weighted by Gasteiger charge is 2.13. The van der Waals surface area contributed by atoms with Crippen LogP contribution in [0.4, 0.5) is 0 Å². The topological polar surface area (TPSA) is 93.3 Å². The Hall–Kier alpha value is -2.83. The molecule has 1 N–H and O–H groups in total. The maximum absolute atomic E-state index is 10.8. The van der Waals surface area contributed by atoms with Gasteiger partial charge in [-0.15, -0.1) is 10.2 Å². The predicted molar refractivity (Wildman–Crippen MR) is 65.4 cm³/mol. The van der Waals surface area contributed by atoms with Gasteiger partial charge >= 0.3 is 5.97 Å². The van der Waals surface area contributed by atoms with E-state index >= 15 is 0 Å². The summed E-state index contributed by atoms with van der Waals surface area (Å²) in [7, 11) is 0. The molecule has 0 unspecified atom stereocenters. The quantitative estimate of drug-likeness (QED) is 0.744. The number of fused-ring (bicyclic) bond motifs is 1. The van der Waals surface area contributed by atoms with E-state index in [0.717, 1.165) is 5.56 Å². The molecule has 0 spiro atoms. The number of rotatable bonds is 3. The summed E-state index contributed by atoms with van der Waals surface area (Å²) in [6.45, 7) is 0. The molecule has 7 heteroatoms. The number of carboxylic acid groups (broad SMARTS) is 1. The van der Waals surface area contributed by atoms with Gasteiger partial charge in [-0.25, -0.2) is 0 Å². The van der Waals surface area contributed by atoms with Crippen molar-refractivity contribution in [3.05, 3.63) is 42.7 Å². The van der Waals surface area contributed by atoms with E-state index in [4.69, 9.17) is 5.11 Å². The van der Waals surface area contributed by atoms with Crippen LogP contribution in [0.2, 0.25) is 0 Å². The first-order valence-electron chi connectivity index (χ1n) is 5.56. The van der Waals surface area contributed by atoms with Gasteiger partial charge in [-0.05, 0) is 12.1 Å². The van der Waals surface area contributed by atoms with Crippen LogP contribution in [0, 0.1) is 0 Å². The van der Waals surface area contributed by atoms with Gasteiger partial charge < -0.3 is 5.11 Å². The molecule has 3 aromatic rings. The summed E-state index contributed by atoms with van der Waals surface area (Å²) >= 11 is 0. The van der Waals surface area contributed by atoms with Crippen molar-refractivity contribution in [2.24, 2.45) is 0 Å². The summed E-state index contributed by atoms with van der Waals surface area (Å²) in [5, 5.41) is 16.7. The van der Waals surface area contributed by atoms with Crippen LogP contribution in [0.5, 0.6) is 0 Å². The minimum absolute atomic E-state index is 0.196. The predicted octanol–water partition coefficient (Wildman–Crippen LogP) is 0.813. The average Bonchev–Trinajstić information content (AvgIpc) is 2.82. The lowest BCUT2D eigenvalue weighted by Gasteiger charge is -2.05. The van der Waals surface area contributed by atoms with Gasteiger partial charge in [0.1, 0.15) is 12.2 Å². The Labute approximate surface area is 107 Å². The van der Waals surface area contributed by atoms with E-state index in [1.54, 1.807) is 29.1 Å². The van der Waals surface area contributed by atoms with Crippen LogP contribution in [-0.4, -0.2) is 35.6 Å². The fourth-order valence-electron chi connectivity index (χ4n) is 1.88. The van der Waals surface area contributed by atoms with Gasteiger partial charge in [0, 0.05) is 18.0 Å². The highest BCUT2D eigenvalue weighted by molar-refractivity contribution is 5.70. The Kier molecular flexibility index (Phi) is 2.64. The lowest BCUT2D eigenvalue weighted by molar-refractivity contribution is -0.136. The number of aromatic nitrogens is 5. The second-order valence-electron chi connectivity index (χ2n) is 3.91. The monoisotopic (exact) mass is 255 g/mol. The molecule has 7 nitrogen and oxygen atoms in total. The summed E-state index contributed by atoms with van der Waals surface area (Å²) < 4.78 is 1.68. The molecule has 0 amide bonds. The summed E-state index contributed by atoms with van der Waals surface area (Å²) in [5.41, 5.74) is 2.05. The summed E-state index contributed by atoms with van der Waals surface area (Å²) in [4.78, 5) is 19.0. The molecule has 0 bridgehead atoms. The van der Waals surface area contributed by atoms with Crippen LogP contribution >= 0.6 is 0 Å². The Morgan fingerprint density at radius 3 is 2.84 bits per heavy atom. The Morgan fingerprint density at radius 1 is 1.21 bits per heavy atom. The number of hydrogen-bond acceptors (Lipinski definition) is 5. The molecule has 0 saturated carbocycles. The van der Waals surface area contributed by atoms with Crippen LogP contribution in [0.1, 0.15) is 5.82 Å². The number of hydrogen-bond donors (Lipinski definition) is 1. The van der Waals surface area contributed by atoms with Crippen LogP contribution in [0.15, 0.2) is 36.9 Å². The van der Waals surface area contributed by atoms with Gasteiger partial charge in [-0.1, -0.05) is 0 Å². The SMILES string of the molecule is O=C(O)Cc1nnc2cncc(-c3cccnc3)n12. The van der Waals surface area contributed by atoms with Crippen molar-refractivity contribution in [3.63, 3.8) is 0 Å². The molecule has 0 aliphatic heterocycles. The van der Waals surface area contributed by atoms with Crippen molar-refractivity contribution in [1.29, 1.82) is 0 Å². The molecule has 0 aliphatic carbocycles. The zero-order valence-corrected chi connectivity index (χ0v) is 9.76. The third-order valence-corrected chi connectivity index (χ3v) is 2.65. The molecule has 3 rings (SSSR count). The standard InChI is InChI=1S/C12H9N5O2/c18-12(19)4-10-15-16-11-7-14-6-9(17(10)11)8-2-1-3-13-5-8/h1-3,5-7H,4H2,(H,18,19). The summed E-state index contributed by atoms with van der Waals surface area (Å²) in [5.74, 6) is -0.591. The van der Waals surface area contributed by atoms with Crippen LogP contribution in [0.3, 0.4) is 0 Å². The lowest BCUT2D eigenvalue weighted by Crippen LogP contribution is -2.06. The maximum atomic E-state index is 10.8. The molecule has 0 atom stereocenters. The van der Waals surface area contributed by atoms with Crippen molar-refractivity contribution in [1.82, 2.24) is 24.6 Å². The lowest BCUT2D eigenvalue weighted by atomic mass is 10.2. The van der Waals surface area contributed by atoms with Crippen molar-refractivity contribution in [2.75, 3.05) is 0 Å². The van der Waals surface area contributed by atoms with Gasteiger partial charge in [0.15, 0.2) is 5.65 Å². The molecule has 19 heavy (non-hydrogen) atoms. The van der Waals surface area contributed by atoms with Crippen LogP contribution in [0.25, 0.3) is 16.9 Å². The fraction of sp³-hybridized carbons (Fsp3) is 0.0833. The molecular formula is C12H9N5O2. The summed E-state index contributed by atoms with van der Waals surface area (Å²) in [6, 6.07) is 3.67. The first kappa shape index (κ1) is 11.3. The second kappa shape index (κ2) is 4.45. The molecule has 0 radical (unpaired) electrons. The van der Waals surface area contributed by atoms with E-state index in [2.05, 4.69) is 20.2 Å². The van der Waals surface area contributed by atoms with Crippen molar-refractivity contribution < 1.29 is 9.90 Å². The van der Waals surface area contributed by atoms with Gasteiger partial charge in [-0.3, -0.25) is 19.2 Å². The normalized spacial score (nSPS) is 10.7. The number of aliphatic carboxylic acids is 1. The number of carboxylic acids is 1. The summed E-state index contributed by atoms with van der Waals surface area (Å²) in [6.07, 6.45) is 6.33. The maximum Gasteiger partial charge on any atom is 0.311 e. The van der Waals surface area contributed by atoms with E-state index in [9.17, 15) is 4.79 Å². The first-order chi connectivity index (χ1) is 9.25. The highest BCUT2D eigenvalue weighted by atomic mass is 16.4. The Balaban J connectivity index is 2.24. The molecule has 0 aromatic carbocycles. The van der Waals surface area contributed by atoms with Crippen LogP contribution < -0.4 is 0 Å². The first-order valence-corrected chi connectivity index (χ1v) is 5.56. The minimum Gasteiger partial charge on any atom is -0.481 e. The number of carbonyl (C=O) groups is 1. The van der Waals surface area contributed by atoms with Gasteiger partial charge in [-0.2, -0.15) is 0 Å². The number of nitrogens with zero attached hydrogens (tertiary/aromatic N) is 5. The zero-order chi connectivity index (χ0) is 13.2. The smallest absolute Gasteiger partial charge is 0.311 e. The van der Waals surface area contributed by atoms with Gasteiger partial charge in [0.2, 0.25) is 0 Å². The minimum atomic E-state index is -0.955. The molecular weight excluding hydrogens is 246 g/mol. The highest BCUT2D eigenvalue weighted by Crippen LogP contribution is 2.19. The van der Waals surface area contributed by atoms with E-state index < -0.39 is 5.97 Å². The molecule has 0 fully saturated rings. The van der Waals surface area contributed by atoms with Crippen molar-refractivity contribution >= 4 is 11.6 Å². The molecule has 94 valence electrons. The fourth-order valence-corrected chi connectivity index (χ4v) is 1.88. The Morgan fingerprint density at radius 2 is 2.11 bits per heavy atom. The zero-order valence-electron chi connectivity index (χ0n) is 9.76. The Bertz CT molecular complexity index is 738. The largest absolute Gasteiger partial charge is 0.481 e. The molecule has 3 aromatic heterocycles. The number of pyridine rings is 1. The van der Waals surface area contributed by atoms with E-state index in [-0.39, 0.29) is 6.42 Å². The van der Waals surface area contributed by atoms with Gasteiger partial charge in [0.05, 0.1) is 18.1 Å². The third kappa shape index (κ3) is 2.01. The second-order valence-corrected chi connectivity index (χ2v) is 3.91. The van der Waals surface area contributed by atoms with Crippen LogP contribution in [-0.2, 0) is 11.2 Å². The van der Waals surface area contributed by atoms with E-state index in [1.165, 1.54) is 6.20 Å². The molecule has 3 heterocycles. The third-order valence-electron chi connectivity index (χ3n) is 2.65. The van der Waals surface area contributed by atoms with Gasteiger partial charge in [0.25, 0.3) is 0 Å².